The standard InChI is InChI=1S/C16H24ClN3O/c1-12(10-18)20-5-3-19(4-6-20)11-14-9-15(17)8-13-2-7-21-16(13)14/h8-9,12H,2-7,10-11,18H2,1H3. The Bertz CT molecular complexity index is 501. The van der Waals surface area contributed by atoms with Crippen LogP contribution < -0.4 is 10.5 Å². The molecule has 1 aromatic rings. The van der Waals surface area contributed by atoms with Crippen molar-refractivity contribution in [1.29, 1.82) is 0 Å². The maximum absolute atomic E-state index is 6.23. The Kier molecular flexibility index (Phi) is 4.69. The van der Waals surface area contributed by atoms with Gasteiger partial charge in [0.05, 0.1) is 6.61 Å². The minimum absolute atomic E-state index is 0.478. The highest BCUT2D eigenvalue weighted by molar-refractivity contribution is 6.30. The molecular formula is C16H24ClN3O. The van der Waals surface area contributed by atoms with Crippen molar-refractivity contribution in [2.24, 2.45) is 5.73 Å². The summed E-state index contributed by atoms with van der Waals surface area (Å²) in [5.41, 5.74) is 8.24. The highest BCUT2D eigenvalue weighted by Gasteiger charge is 2.23. The first kappa shape index (κ1) is 15.1. The normalized spacial score (nSPS) is 21.1. The molecule has 1 aromatic carbocycles. The maximum Gasteiger partial charge on any atom is 0.127 e. The summed E-state index contributed by atoms with van der Waals surface area (Å²) < 4.78 is 5.79. The second kappa shape index (κ2) is 6.53. The van der Waals surface area contributed by atoms with Crippen LogP contribution in [-0.4, -0.2) is 55.2 Å². The van der Waals surface area contributed by atoms with Crippen LogP contribution in [0.1, 0.15) is 18.1 Å². The molecule has 1 unspecified atom stereocenters. The number of hydrogen-bond donors (Lipinski definition) is 1. The van der Waals surface area contributed by atoms with Crippen molar-refractivity contribution in [2.45, 2.75) is 25.9 Å². The minimum atomic E-state index is 0.478. The highest BCUT2D eigenvalue weighted by Crippen LogP contribution is 2.33. The molecule has 5 heteroatoms. The molecule has 2 N–H and O–H groups in total. The molecule has 2 aliphatic rings. The summed E-state index contributed by atoms with van der Waals surface area (Å²) in [4.78, 5) is 4.95. The lowest BCUT2D eigenvalue weighted by Gasteiger charge is -2.37. The maximum atomic E-state index is 6.23. The number of piperazine rings is 1. The van der Waals surface area contributed by atoms with Gasteiger partial charge in [-0.15, -0.1) is 0 Å². The van der Waals surface area contributed by atoms with E-state index in [1.165, 1.54) is 11.1 Å². The Morgan fingerprint density at radius 3 is 2.76 bits per heavy atom. The average Bonchev–Trinajstić information content (AvgIpc) is 2.95. The van der Waals surface area contributed by atoms with E-state index >= 15 is 0 Å². The topological polar surface area (TPSA) is 41.7 Å². The second-order valence-electron chi connectivity index (χ2n) is 6.05. The largest absolute Gasteiger partial charge is 0.493 e. The molecule has 2 aliphatic heterocycles. The number of hydrogen-bond acceptors (Lipinski definition) is 4. The van der Waals surface area contributed by atoms with Crippen molar-refractivity contribution in [3.8, 4) is 5.75 Å². The van der Waals surface area contributed by atoms with Gasteiger partial charge in [0.15, 0.2) is 0 Å². The van der Waals surface area contributed by atoms with Gasteiger partial charge in [-0.3, -0.25) is 9.80 Å². The van der Waals surface area contributed by atoms with E-state index in [1.54, 1.807) is 0 Å². The van der Waals surface area contributed by atoms with Crippen LogP contribution in [-0.2, 0) is 13.0 Å². The predicted molar refractivity (Wildman–Crippen MR) is 86.0 cm³/mol. The second-order valence-corrected chi connectivity index (χ2v) is 6.48. The number of benzene rings is 1. The van der Waals surface area contributed by atoms with E-state index in [2.05, 4.69) is 22.8 Å². The van der Waals surface area contributed by atoms with Gasteiger partial charge < -0.3 is 10.5 Å². The third kappa shape index (κ3) is 3.34. The van der Waals surface area contributed by atoms with E-state index in [1.807, 2.05) is 6.07 Å². The monoisotopic (exact) mass is 309 g/mol. The number of rotatable bonds is 4. The van der Waals surface area contributed by atoms with Gasteiger partial charge >= 0.3 is 0 Å². The first-order valence-corrected chi connectivity index (χ1v) is 8.15. The zero-order valence-electron chi connectivity index (χ0n) is 12.6. The van der Waals surface area contributed by atoms with Gasteiger partial charge in [-0.25, -0.2) is 0 Å². The van der Waals surface area contributed by atoms with Gasteiger partial charge in [0, 0.05) is 62.3 Å². The Hall–Kier alpha value is -0.810. The summed E-state index contributed by atoms with van der Waals surface area (Å²) in [6.45, 7) is 8.96. The minimum Gasteiger partial charge on any atom is -0.493 e. The van der Waals surface area contributed by atoms with Crippen molar-refractivity contribution in [3.63, 3.8) is 0 Å². The van der Waals surface area contributed by atoms with E-state index in [0.717, 1.165) is 63.1 Å². The van der Waals surface area contributed by atoms with Gasteiger partial charge in [0.1, 0.15) is 5.75 Å². The third-order valence-corrected chi connectivity index (χ3v) is 4.81. The lowest BCUT2D eigenvalue weighted by molar-refractivity contribution is 0.0999. The molecule has 0 spiro atoms. The van der Waals surface area contributed by atoms with Gasteiger partial charge in [-0.05, 0) is 24.6 Å². The van der Waals surface area contributed by atoms with Gasteiger partial charge in [0.25, 0.3) is 0 Å². The van der Waals surface area contributed by atoms with Crippen molar-refractivity contribution in [2.75, 3.05) is 39.3 Å². The Morgan fingerprint density at radius 1 is 1.29 bits per heavy atom. The lowest BCUT2D eigenvalue weighted by atomic mass is 10.1. The van der Waals surface area contributed by atoms with Crippen molar-refractivity contribution in [3.05, 3.63) is 28.3 Å². The third-order valence-electron chi connectivity index (χ3n) is 4.59. The molecule has 2 heterocycles. The lowest BCUT2D eigenvalue weighted by Crippen LogP contribution is -2.51. The molecule has 116 valence electrons. The molecule has 0 radical (unpaired) electrons. The Labute approximate surface area is 131 Å². The Balaban J connectivity index is 1.64. The Morgan fingerprint density at radius 2 is 2.05 bits per heavy atom. The van der Waals surface area contributed by atoms with E-state index in [4.69, 9.17) is 22.1 Å². The molecular weight excluding hydrogens is 286 g/mol. The fraction of sp³-hybridized carbons (Fsp3) is 0.625. The summed E-state index contributed by atoms with van der Waals surface area (Å²) >= 11 is 6.23. The summed E-state index contributed by atoms with van der Waals surface area (Å²) in [6, 6.07) is 4.57. The highest BCUT2D eigenvalue weighted by atomic mass is 35.5. The van der Waals surface area contributed by atoms with Gasteiger partial charge in [-0.1, -0.05) is 11.6 Å². The van der Waals surface area contributed by atoms with Crippen LogP contribution in [0.2, 0.25) is 5.02 Å². The van der Waals surface area contributed by atoms with Crippen LogP contribution in [0.3, 0.4) is 0 Å². The zero-order valence-corrected chi connectivity index (χ0v) is 13.4. The number of nitrogens with zero attached hydrogens (tertiary/aromatic N) is 2. The zero-order chi connectivity index (χ0) is 14.8. The van der Waals surface area contributed by atoms with Crippen LogP contribution >= 0.6 is 11.6 Å². The number of ether oxygens (including phenoxy) is 1. The molecule has 3 rings (SSSR count). The van der Waals surface area contributed by atoms with Crippen LogP contribution in [0.25, 0.3) is 0 Å². The smallest absolute Gasteiger partial charge is 0.127 e. The van der Waals surface area contributed by atoms with E-state index in [-0.39, 0.29) is 0 Å². The molecule has 0 aromatic heterocycles. The molecule has 0 bridgehead atoms. The first-order chi connectivity index (χ1) is 10.2. The van der Waals surface area contributed by atoms with Crippen LogP contribution in [0, 0.1) is 0 Å². The molecule has 0 amide bonds. The van der Waals surface area contributed by atoms with E-state index < -0.39 is 0 Å². The number of nitrogens with two attached hydrogens (primary N) is 1. The summed E-state index contributed by atoms with van der Waals surface area (Å²) in [7, 11) is 0. The van der Waals surface area contributed by atoms with Crippen LogP contribution in [0.15, 0.2) is 12.1 Å². The molecule has 1 fully saturated rings. The summed E-state index contributed by atoms with van der Waals surface area (Å²) in [5, 5.41) is 0.824. The molecule has 0 saturated carbocycles. The molecule has 21 heavy (non-hydrogen) atoms. The first-order valence-electron chi connectivity index (χ1n) is 7.78. The quantitative estimate of drug-likeness (QED) is 0.920. The SMILES string of the molecule is CC(CN)N1CCN(Cc2cc(Cl)cc3c2OCC3)CC1. The van der Waals surface area contributed by atoms with Gasteiger partial charge in [0.2, 0.25) is 0 Å². The van der Waals surface area contributed by atoms with Crippen molar-refractivity contribution >= 4 is 11.6 Å². The average molecular weight is 310 g/mol. The summed E-state index contributed by atoms with van der Waals surface area (Å²) in [5.74, 6) is 1.07. The van der Waals surface area contributed by atoms with E-state index in [0.29, 0.717) is 6.04 Å². The number of halogens is 1. The van der Waals surface area contributed by atoms with Gasteiger partial charge in [-0.2, -0.15) is 0 Å². The molecule has 1 saturated heterocycles. The number of fused-ring (bicyclic) bond motifs is 1. The molecule has 0 aliphatic carbocycles. The van der Waals surface area contributed by atoms with Crippen molar-refractivity contribution in [1.82, 2.24) is 9.80 Å². The summed E-state index contributed by atoms with van der Waals surface area (Å²) in [6.07, 6.45) is 0.977. The van der Waals surface area contributed by atoms with Crippen LogP contribution in [0.4, 0.5) is 0 Å². The molecule has 1 atom stereocenters. The molecule has 4 nitrogen and oxygen atoms in total. The van der Waals surface area contributed by atoms with Crippen LogP contribution in [0.5, 0.6) is 5.75 Å². The van der Waals surface area contributed by atoms with E-state index in [9.17, 15) is 0 Å². The van der Waals surface area contributed by atoms with Crippen molar-refractivity contribution < 1.29 is 4.74 Å². The predicted octanol–water partition coefficient (Wildman–Crippen LogP) is 1.74. The fourth-order valence-corrected chi connectivity index (χ4v) is 3.48. The fourth-order valence-electron chi connectivity index (χ4n) is 3.22.